The van der Waals surface area contributed by atoms with Crippen molar-refractivity contribution < 1.29 is 52.2 Å². The van der Waals surface area contributed by atoms with E-state index in [1.807, 2.05) is 0 Å². The van der Waals surface area contributed by atoms with Crippen LogP contribution in [-0.4, -0.2) is 66.5 Å². The topological polar surface area (TPSA) is 155 Å². The first-order chi connectivity index (χ1) is 33.2. The molecule has 3 unspecified atom stereocenters. The van der Waals surface area contributed by atoms with E-state index in [0.717, 1.165) is 116 Å². The molecule has 0 rings (SSSR count). The number of allylic oxidation sites excluding steroid dienone is 10. The Morgan fingerprint density at radius 2 is 0.750 bits per heavy atom. The molecule has 0 aromatic heterocycles. The van der Waals surface area contributed by atoms with Crippen molar-refractivity contribution in [2.45, 2.75) is 251 Å². The van der Waals surface area contributed by atoms with Crippen LogP contribution < -0.4 is 0 Å². The van der Waals surface area contributed by atoms with Crippen LogP contribution in [0.5, 0.6) is 0 Å². The highest BCUT2D eigenvalue weighted by atomic mass is 31.2. The maximum atomic E-state index is 12.9. The zero-order valence-corrected chi connectivity index (χ0v) is 44.2. The summed E-state index contributed by atoms with van der Waals surface area (Å²) < 4.78 is 39.3. The van der Waals surface area contributed by atoms with Gasteiger partial charge in [-0.15, -0.1) is 0 Å². The van der Waals surface area contributed by atoms with Gasteiger partial charge in [-0.3, -0.25) is 23.4 Å². The Morgan fingerprint density at radius 3 is 1.19 bits per heavy atom. The minimum absolute atomic E-state index is 0.150. The molecule has 0 amide bonds. The second-order valence-corrected chi connectivity index (χ2v) is 19.5. The standard InChI is InChI=1S/C56H99O11P/c1-4-7-10-13-16-19-21-23-24-25-26-27-28-30-32-35-38-41-44-47-56(60)67-53(49-63-54(58)45-42-39-36-34-31-29-22-20-17-14-11-8-5-2)51-65-68(61,62)64-50-52(48-57)66-55(59)46-43-40-37-33-18-15-12-9-6-3/h11,14,16,19-20,22-24,26-27,52-53,57H,4-10,12-13,15,17-18,21,25,28-51H2,1-3H3,(H,61,62)/b14-11-,19-16-,22-20-,24-23-,27-26-. The maximum Gasteiger partial charge on any atom is 0.472 e. The summed E-state index contributed by atoms with van der Waals surface area (Å²) in [7, 11) is -4.74. The Bertz CT molecular complexity index is 1370. The summed E-state index contributed by atoms with van der Waals surface area (Å²) in [4.78, 5) is 48.3. The number of hydrogen-bond donors (Lipinski definition) is 2. The maximum absolute atomic E-state index is 12.9. The summed E-state index contributed by atoms with van der Waals surface area (Å²) in [5.41, 5.74) is 0. The molecular weight excluding hydrogens is 880 g/mol. The molecule has 12 heteroatoms. The lowest BCUT2D eigenvalue weighted by Gasteiger charge is -2.21. The molecule has 0 bridgehead atoms. The molecule has 0 aromatic carbocycles. The second kappa shape index (κ2) is 50.6. The van der Waals surface area contributed by atoms with Crippen LogP contribution in [0.3, 0.4) is 0 Å². The van der Waals surface area contributed by atoms with Crippen molar-refractivity contribution >= 4 is 25.7 Å². The van der Waals surface area contributed by atoms with Gasteiger partial charge in [0.25, 0.3) is 0 Å². The summed E-state index contributed by atoms with van der Waals surface area (Å²) in [6, 6.07) is 0. The molecule has 0 aliphatic rings. The Balaban J connectivity index is 4.76. The van der Waals surface area contributed by atoms with Gasteiger partial charge in [-0.2, -0.15) is 0 Å². The van der Waals surface area contributed by atoms with Gasteiger partial charge in [-0.1, -0.05) is 197 Å². The van der Waals surface area contributed by atoms with Gasteiger partial charge in [-0.25, -0.2) is 4.57 Å². The molecule has 0 saturated carbocycles. The number of carbonyl (C=O) groups is 3. The molecule has 0 saturated heterocycles. The van der Waals surface area contributed by atoms with E-state index in [1.165, 1.54) is 64.2 Å². The number of carbonyl (C=O) groups excluding carboxylic acids is 3. The van der Waals surface area contributed by atoms with E-state index in [-0.39, 0.29) is 25.9 Å². The second-order valence-electron chi connectivity index (χ2n) is 18.0. The average molecular weight is 979 g/mol. The molecule has 0 aliphatic heterocycles. The van der Waals surface area contributed by atoms with Gasteiger partial charge < -0.3 is 24.2 Å². The Hall–Kier alpha value is -2.82. The van der Waals surface area contributed by atoms with Gasteiger partial charge in [-0.05, 0) is 83.5 Å². The van der Waals surface area contributed by atoms with Crippen molar-refractivity contribution in [1.82, 2.24) is 0 Å². The molecule has 0 heterocycles. The lowest BCUT2D eigenvalue weighted by molar-refractivity contribution is -0.161. The van der Waals surface area contributed by atoms with Gasteiger partial charge in [0.05, 0.1) is 19.8 Å². The summed E-state index contributed by atoms with van der Waals surface area (Å²) in [5.74, 6) is -1.49. The number of esters is 3. The first-order valence-corrected chi connectivity index (χ1v) is 28.7. The molecule has 0 fully saturated rings. The summed E-state index contributed by atoms with van der Waals surface area (Å²) in [6.07, 6.45) is 53.3. The van der Waals surface area contributed by atoms with Crippen molar-refractivity contribution in [1.29, 1.82) is 0 Å². The van der Waals surface area contributed by atoms with Gasteiger partial charge in [0, 0.05) is 19.3 Å². The summed E-state index contributed by atoms with van der Waals surface area (Å²) in [5, 5.41) is 9.75. The first-order valence-electron chi connectivity index (χ1n) is 27.2. The van der Waals surface area contributed by atoms with Crippen LogP contribution >= 0.6 is 7.82 Å². The molecule has 0 aromatic rings. The lowest BCUT2D eigenvalue weighted by Crippen LogP contribution is -2.30. The van der Waals surface area contributed by atoms with E-state index >= 15 is 0 Å². The molecule has 68 heavy (non-hydrogen) atoms. The number of rotatable bonds is 50. The molecule has 0 spiro atoms. The predicted octanol–water partition coefficient (Wildman–Crippen LogP) is 15.6. The molecular formula is C56H99O11P. The third-order valence-corrected chi connectivity index (χ3v) is 12.3. The van der Waals surface area contributed by atoms with Gasteiger partial charge >= 0.3 is 25.7 Å². The molecule has 0 radical (unpaired) electrons. The summed E-state index contributed by atoms with van der Waals surface area (Å²) >= 11 is 0. The van der Waals surface area contributed by atoms with Crippen LogP contribution in [0.4, 0.5) is 0 Å². The van der Waals surface area contributed by atoms with Crippen LogP contribution in [-0.2, 0) is 42.2 Å². The van der Waals surface area contributed by atoms with E-state index in [2.05, 4.69) is 81.5 Å². The van der Waals surface area contributed by atoms with Gasteiger partial charge in [0.1, 0.15) is 12.7 Å². The highest BCUT2D eigenvalue weighted by molar-refractivity contribution is 7.47. The monoisotopic (exact) mass is 979 g/mol. The molecule has 394 valence electrons. The highest BCUT2D eigenvalue weighted by Gasteiger charge is 2.28. The van der Waals surface area contributed by atoms with E-state index in [4.69, 9.17) is 23.3 Å². The summed E-state index contributed by atoms with van der Waals surface area (Å²) in [6.45, 7) is 4.49. The number of ether oxygens (including phenoxy) is 3. The van der Waals surface area contributed by atoms with E-state index in [1.54, 1.807) is 0 Å². The van der Waals surface area contributed by atoms with E-state index < -0.39 is 57.8 Å². The van der Waals surface area contributed by atoms with Crippen LogP contribution in [0.2, 0.25) is 0 Å². The molecule has 2 N–H and O–H groups in total. The Labute approximate surface area is 415 Å². The number of aliphatic hydroxyl groups is 1. The van der Waals surface area contributed by atoms with Crippen molar-refractivity contribution in [2.75, 3.05) is 26.4 Å². The molecule has 3 atom stereocenters. The van der Waals surface area contributed by atoms with Crippen LogP contribution in [0, 0.1) is 0 Å². The molecule has 11 nitrogen and oxygen atoms in total. The quantitative estimate of drug-likeness (QED) is 0.0197. The van der Waals surface area contributed by atoms with Crippen molar-refractivity contribution in [3.63, 3.8) is 0 Å². The smallest absolute Gasteiger partial charge is 0.462 e. The zero-order chi connectivity index (χ0) is 49.9. The number of phosphoric ester groups is 1. The molecule has 0 aliphatic carbocycles. The first kappa shape index (κ1) is 65.2. The highest BCUT2D eigenvalue weighted by Crippen LogP contribution is 2.43. The van der Waals surface area contributed by atoms with E-state index in [0.29, 0.717) is 19.3 Å². The van der Waals surface area contributed by atoms with Crippen LogP contribution in [0.1, 0.15) is 239 Å². The minimum Gasteiger partial charge on any atom is -0.462 e. The number of unbranched alkanes of at least 4 members (excludes halogenated alkanes) is 23. The van der Waals surface area contributed by atoms with Crippen molar-refractivity contribution in [3.8, 4) is 0 Å². The Morgan fingerprint density at radius 1 is 0.412 bits per heavy atom. The number of aliphatic hydroxyl groups excluding tert-OH is 1. The van der Waals surface area contributed by atoms with Crippen molar-refractivity contribution in [2.24, 2.45) is 0 Å². The fraction of sp³-hybridized carbons (Fsp3) is 0.768. The predicted molar refractivity (Wildman–Crippen MR) is 279 cm³/mol. The van der Waals surface area contributed by atoms with Gasteiger partial charge in [0.2, 0.25) is 0 Å². The zero-order valence-electron chi connectivity index (χ0n) is 43.3. The largest absolute Gasteiger partial charge is 0.472 e. The van der Waals surface area contributed by atoms with Gasteiger partial charge in [0.15, 0.2) is 6.10 Å². The number of phosphoric acid groups is 1. The van der Waals surface area contributed by atoms with Crippen molar-refractivity contribution in [3.05, 3.63) is 60.8 Å². The fourth-order valence-corrected chi connectivity index (χ4v) is 8.01. The fourth-order valence-electron chi connectivity index (χ4n) is 7.22. The lowest BCUT2D eigenvalue weighted by atomic mass is 10.1. The third-order valence-electron chi connectivity index (χ3n) is 11.4. The van der Waals surface area contributed by atoms with E-state index in [9.17, 15) is 28.9 Å². The minimum atomic E-state index is -4.74. The normalized spacial score (nSPS) is 13.9. The third kappa shape index (κ3) is 48.2. The van der Waals surface area contributed by atoms with Crippen LogP contribution in [0.25, 0.3) is 0 Å². The Kier molecular flexibility index (Phi) is 48.5. The average Bonchev–Trinajstić information content (AvgIpc) is 3.32. The SMILES string of the molecule is CCC/C=C\C/C=C\CCCCCCCC(=O)OCC(COP(=O)(O)OCC(CO)OC(=O)CCCCCCCCCCC)OC(=O)CCCCCCCC/C=C\C/C=C\C/C=C\CCCCC. The number of hydrogen-bond acceptors (Lipinski definition) is 10. The van der Waals surface area contributed by atoms with Crippen LogP contribution in [0.15, 0.2) is 60.8 Å².